The van der Waals surface area contributed by atoms with Gasteiger partial charge in [-0.2, -0.15) is 18.3 Å². The van der Waals surface area contributed by atoms with Crippen molar-refractivity contribution in [3.63, 3.8) is 0 Å². The molecule has 3 aromatic rings. The number of hydrogen-bond acceptors (Lipinski definition) is 7. The number of alkyl halides is 3. The fourth-order valence-corrected chi connectivity index (χ4v) is 4.76. The molecule has 0 saturated carbocycles. The van der Waals surface area contributed by atoms with Gasteiger partial charge >= 0.3 is 18.2 Å². The van der Waals surface area contributed by atoms with Crippen molar-refractivity contribution in [2.24, 2.45) is 7.05 Å². The molecule has 204 valence electrons. The monoisotopic (exact) mass is 534 g/mol. The fourth-order valence-electron chi connectivity index (χ4n) is 4.76. The lowest BCUT2D eigenvalue weighted by Gasteiger charge is -2.38. The van der Waals surface area contributed by atoms with Gasteiger partial charge < -0.3 is 20.6 Å². The van der Waals surface area contributed by atoms with Gasteiger partial charge in [-0.25, -0.2) is 19.6 Å². The number of fused-ring (bicyclic) bond motifs is 2. The molecule has 1 fully saturated rings. The summed E-state index contributed by atoms with van der Waals surface area (Å²) in [5.74, 6) is -2.01. The first-order valence-corrected chi connectivity index (χ1v) is 12.0. The van der Waals surface area contributed by atoms with Crippen LogP contribution in [0.3, 0.4) is 0 Å². The van der Waals surface area contributed by atoms with Crippen LogP contribution in [0, 0.1) is 6.92 Å². The van der Waals surface area contributed by atoms with Gasteiger partial charge in [0.05, 0.1) is 11.4 Å². The molecule has 0 radical (unpaired) electrons. The zero-order valence-corrected chi connectivity index (χ0v) is 21.4. The molecule has 0 aliphatic carbocycles. The first kappa shape index (κ1) is 27.1. The van der Waals surface area contributed by atoms with Crippen LogP contribution in [0.4, 0.5) is 35.2 Å². The predicted molar refractivity (Wildman–Crippen MR) is 136 cm³/mol. The molecule has 5 rings (SSSR count). The van der Waals surface area contributed by atoms with Gasteiger partial charge in [-0.05, 0) is 39.3 Å². The van der Waals surface area contributed by atoms with Gasteiger partial charge in [-0.15, -0.1) is 0 Å². The molecule has 14 heteroatoms. The van der Waals surface area contributed by atoms with E-state index >= 15 is 0 Å². The van der Waals surface area contributed by atoms with Crippen LogP contribution in [0.1, 0.15) is 25.1 Å². The lowest BCUT2D eigenvalue weighted by Crippen LogP contribution is -2.54. The van der Waals surface area contributed by atoms with Crippen molar-refractivity contribution in [3.8, 4) is 0 Å². The Hall–Kier alpha value is -3.94. The molecule has 5 heterocycles. The van der Waals surface area contributed by atoms with E-state index < -0.39 is 12.1 Å². The average molecular weight is 535 g/mol. The second-order valence-electron chi connectivity index (χ2n) is 9.48. The minimum Gasteiger partial charge on any atom is -0.475 e. The number of carboxylic acid groups (broad SMARTS) is 1. The molecule has 11 nitrogen and oxygen atoms in total. The topological polar surface area (TPSA) is 129 Å². The van der Waals surface area contributed by atoms with Crippen LogP contribution in [-0.4, -0.2) is 74.7 Å². The second-order valence-corrected chi connectivity index (χ2v) is 9.48. The van der Waals surface area contributed by atoms with Crippen molar-refractivity contribution in [1.82, 2.24) is 25.1 Å². The Morgan fingerprint density at radius 1 is 1.21 bits per heavy atom. The molecule has 38 heavy (non-hydrogen) atoms. The van der Waals surface area contributed by atoms with Crippen LogP contribution in [0.25, 0.3) is 11.0 Å². The summed E-state index contributed by atoms with van der Waals surface area (Å²) < 4.78 is 33.5. The third-order valence-electron chi connectivity index (χ3n) is 6.28. The van der Waals surface area contributed by atoms with Crippen molar-refractivity contribution in [3.05, 3.63) is 35.8 Å². The number of hydrogen-bond donors (Lipinski definition) is 3. The summed E-state index contributed by atoms with van der Waals surface area (Å²) in [6.07, 6.45) is -0.574. The molecule has 0 aromatic carbocycles. The van der Waals surface area contributed by atoms with E-state index in [1.807, 2.05) is 32.4 Å². The Morgan fingerprint density at radius 2 is 1.87 bits per heavy atom. The minimum absolute atomic E-state index is 0.182. The molecule has 1 saturated heterocycles. The maximum absolute atomic E-state index is 13.2. The summed E-state index contributed by atoms with van der Waals surface area (Å²) >= 11 is 0. The SMILES string of the molecule is Cc1nc2nn(C)cc2cc1NC(=O)N1CCc2c(N3C[C@@H](C)N[C@@H](C)C3)ccnc21.O=C(O)C(F)(F)F. The number of urea groups is 1. The number of aliphatic carboxylic acids is 1. The van der Waals surface area contributed by atoms with E-state index in [1.54, 1.807) is 9.58 Å². The van der Waals surface area contributed by atoms with E-state index in [2.05, 4.69) is 50.5 Å². The van der Waals surface area contributed by atoms with Crippen LogP contribution >= 0.6 is 0 Å². The van der Waals surface area contributed by atoms with Gasteiger partial charge in [0.2, 0.25) is 0 Å². The molecule has 3 aromatic heterocycles. The number of halogens is 3. The lowest BCUT2D eigenvalue weighted by molar-refractivity contribution is -0.192. The highest BCUT2D eigenvalue weighted by Gasteiger charge is 2.38. The van der Waals surface area contributed by atoms with Gasteiger partial charge in [0.15, 0.2) is 5.65 Å². The normalized spacial score (nSPS) is 19.1. The maximum atomic E-state index is 13.2. The highest BCUT2D eigenvalue weighted by Crippen LogP contribution is 2.35. The number of nitrogens with zero attached hydrogens (tertiary/aromatic N) is 6. The van der Waals surface area contributed by atoms with Gasteiger partial charge in [-0.3, -0.25) is 9.58 Å². The zero-order valence-electron chi connectivity index (χ0n) is 21.4. The van der Waals surface area contributed by atoms with Crippen LogP contribution in [-0.2, 0) is 18.3 Å². The first-order valence-electron chi connectivity index (χ1n) is 12.0. The number of amides is 2. The number of aromatic nitrogens is 4. The number of pyridine rings is 2. The smallest absolute Gasteiger partial charge is 0.475 e. The summed E-state index contributed by atoms with van der Waals surface area (Å²) in [6.45, 7) is 8.80. The highest BCUT2D eigenvalue weighted by molar-refractivity contribution is 6.04. The maximum Gasteiger partial charge on any atom is 0.490 e. The average Bonchev–Trinajstić information content (AvgIpc) is 3.40. The van der Waals surface area contributed by atoms with Crippen LogP contribution in [0.2, 0.25) is 0 Å². The summed E-state index contributed by atoms with van der Waals surface area (Å²) in [7, 11) is 1.86. The van der Waals surface area contributed by atoms with E-state index in [1.165, 1.54) is 5.69 Å². The Morgan fingerprint density at radius 3 is 2.50 bits per heavy atom. The van der Waals surface area contributed by atoms with Crippen molar-refractivity contribution < 1.29 is 27.9 Å². The van der Waals surface area contributed by atoms with E-state index in [0.717, 1.165) is 42.0 Å². The Bertz CT molecular complexity index is 1350. The van der Waals surface area contributed by atoms with E-state index in [9.17, 15) is 18.0 Å². The lowest BCUT2D eigenvalue weighted by atomic mass is 10.1. The molecule has 2 atom stereocenters. The number of piperazine rings is 1. The molecule has 3 N–H and O–H groups in total. The predicted octanol–water partition coefficient (Wildman–Crippen LogP) is 3.09. The van der Waals surface area contributed by atoms with Gasteiger partial charge in [0.25, 0.3) is 0 Å². The molecular weight excluding hydrogens is 505 g/mol. The summed E-state index contributed by atoms with van der Waals surface area (Å²) in [5, 5.41) is 19.0. The van der Waals surface area contributed by atoms with Gasteiger partial charge in [0, 0.05) is 67.8 Å². The summed E-state index contributed by atoms with van der Waals surface area (Å²) in [5.41, 5.74) is 4.45. The van der Waals surface area contributed by atoms with Crippen molar-refractivity contribution in [1.29, 1.82) is 0 Å². The fraction of sp³-hybridized carbons (Fsp3) is 0.458. The molecule has 0 bridgehead atoms. The largest absolute Gasteiger partial charge is 0.490 e. The van der Waals surface area contributed by atoms with E-state index in [-0.39, 0.29) is 6.03 Å². The molecule has 0 spiro atoms. The first-order chi connectivity index (χ1) is 17.8. The molecule has 0 unspecified atom stereocenters. The number of carbonyl (C=O) groups excluding carboxylic acids is 1. The van der Waals surface area contributed by atoms with Crippen LogP contribution in [0.5, 0.6) is 0 Å². The van der Waals surface area contributed by atoms with Crippen LogP contribution in [0.15, 0.2) is 24.5 Å². The summed E-state index contributed by atoms with van der Waals surface area (Å²) in [6, 6.07) is 4.67. The standard InChI is InChI=1S/C22H28N8O.C2HF3O2/c1-13-10-29(11-14(2)24-13)19-5-7-23-21-17(19)6-8-30(21)22(31)26-18-9-16-12-28(4)27-20(16)25-15(18)3;3-2(4,5)1(6)7/h5,7,9,12-14,24H,6,8,10-11H2,1-4H3,(H,26,31);(H,6,7)/t13-,14+;. The Labute approximate surface area is 216 Å². The minimum atomic E-state index is -5.08. The van der Waals surface area contributed by atoms with Crippen molar-refractivity contribution >= 4 is 40.2 Å². The second kappa shape index (κ2) is 10.4. The number of aryl methyl sites for hydroxylation is 2. The quantitative estimate of drug-likeness (QED) is 0.458. The zero-order chi connectivity index (χ0) is 27.8. The Kier molecular flexibility index (Phi) is 7.44. The van der Waals surface area contributed by atoms with E-state index in [0.29, 0.717) is 30.0 Å². The molecular formula is C24H29F3N8O3. The van der Waals surface area contributed by atoms with Crippen molar-refractivity contribution in [2.45, 2.75) is 45.5 Å². The number of nitrogens with one attached hydrogen (secondary N) is 2. The Balaban J connectivity index is 0.000000426. The third kappa shape index (κ3) is 5.79. The third-order valence-corrected chi connectivity index (χ3v) is 6.28. The molecule has 2 amide bonds. The molecule has 2 aliphatic heterocycles. The van der Waals surface area contributed by atoms with Crippen molar-refractivity contribution in [2.75, 3.05) is 34.8 Å². The number of carbonyl (C=O) groups is 2. The number of anilines is 3. The van der Waals surface area contributed by atoms with Gasteiger partial charge in [-0.1, -0.05) is 0 Å². The van der Waals surface area contributed by atoms with E-state index in [4.69, 9.17) is 9.90 Å². The highest BCUT2D eigenvalue weighted by atomic mass is 19.4. The summed E-state index contributed by atoms with van der Waals surface area (Å²) in [4.78, 5) is 35.3. The number of carboxylic acids is 1. The molecule has 2 aliphatic rings. The number of rotatable bonds is 2. The van der Waals surface area contributed by atoms with Gasteiger partial charge in [0.1, 0.15) is 5.82 Å². The van der Waals surface area contributed by atoms with Crippen LogP contribution < -0.4 is 20.4 Å².